The van der Waals surface area contributed by atoms with Crippen molar-refractivity contribution in [2.75, 3.05) is 7.11 Å². The number of halogens is 1. The summed E-state index contributed by atoms with van der Waals surface area (Å²) in [6.07, 6.45) is 1.45. The smallest absolute Gasteiger partial charge is 0.307 e. The molecule has 0 aliphatic rings. The van der Waals surface area contributed by atoms with Gasteiger partial charge in [0.1, 0.15) is 5.58 Å². The quantitative estimate of drug-likeness (QED) is 0.353. The van der Waals surface area contributed by atoms with Gasteiger partial charge in [0.2, 0.25) is 0 Å². The fourth-order valence-corrected chi connectivity index (χ4v) is 3.37. The number of hydrazone groups is 1. The highest BCUT2D eigenvalue weighted by atomic mass is 79.9. The molecule has 4 aromatic rings. The molecule has 3 aromatic carbocycles. The zero-order valence-electron chi connectivity index (χ0n) is 14.8. The summed E-state index contributed by atoms with van der Waals surface area (Å²) in [6, 6.07) is 16.5. The number of benzene rings is 3. The molecule has 1 amide bonds. The molecular formula is C21H15BrN2O4. The van der Waals surface area contributed by atoms with Crippen molar-refractivity contribution >= 4 is 49.8 Å². The van der Waals surface area contributed by atoms with E-state index in [0.717, 1.165) is 16.2 Å². The van der Waals surface area contributed by atoms with Gasteiger partial charge in [-0.15, -0.1) is 0 Å². The standard InChI is InChI=1S/C21H15BrN2O4/c1-27-19-8-13(16(22)10-17(19)25)11-23-24-21(26)20-9-15-14-5-3-2-4-12(14)6-7-18(15)28-20/h2-11,25H,1H3,(H,24,26)/b23-11-. The lowest BCUT2D eigenvalue weighted by atomic mass is 10.1. The molecule has 0 radical (unpaired) electrons. The fourth-order valence-electron chi connectivity index (χ4n) is 2.94. The third kappa shape index (κ3) is 3.32. The van der Waals surface area contributed by atoms with Gasteiger partial charge >= 0.3 is 5.91 Å². The van der Waals surface area contributed by atoms with Crippen molar-refractivity contribution in [3.05, 3.63) is 70.4 Å². The van der Waals surface area contributed by atoms with Gasteiger partial charge in [0.25, 0.3) is 0 Å². The average Bonchev–Trinajstić information content (AvgIpc) is 3.14. The summed E-state index contributed by atoms with van der Waals surface area (Å²) in [5, 5.41) is 16.7. The number of phenolic OH excluding ortho intramolecular Hbond substituents is 1. The van der Waals surface area contributed by atoms with E-state index < -0.39 is 5.91 Å². The van der Waals surface area contributed by atoms with Crippen LogP contribution in [0.4, 0.5) is 0 Å². The van der Waals surface area contributed by atoms with Gasteiger partial charge in [-0.1, -0.05) is 30.3 Å². The van der Waals surface area contributed by atoms with Crippen LogP contribution in [0.1, 0.15) is 16.1 Å². The first-order chi connectivity index (χ1) is 13.6. The van der Waals surface area contributed by atoms with Crippen LogP contribution >= 0.6 is 15.9 Å². The van der Waals surface area contributed by atoms with Crippen LogP contribution in [0.2, 0.25) is 0 Å². The second-order valence-corrected chi connectivity index (χ2v) is 6.91. The Labute approximate surface area is 168 Å². The average molecular weight is 439 g/mol. The topological polar surface area (TPSA) is 84.1 Å². The minimum atomic E-state index is -0.460. The first-order valence-corrected chi connectivity index (χ1v) is 9.17. The number of fused-ring (bicyclic) bond motifs is 3. The maximum atomic E-state index is 12.4. The summed E-state index contributed by atoms with van der Waals surface area (Å²) < 4.78 is 11.3. The van der Waals surface area contributed by atoms with Crippen LogP contribution in [-0.2, 0) is 0 Å². The highest BCUT2D eigenvalue weighted by molar-refractivity contribution is 9.10. The van der Waals surface area contributed by atoms with Crippen LogP contribution in [0.15, 0.2) is 68.6 Å². The van der Waals surface area contributed by atoms with E-state index in [1.54, 1.807) is 12.1 Å². The number of nitrogens with zero attached hydrogens (tertiary/aromatic N) is 1. The van der Waals surface area contributed by atoms with Gasteiger partial charge in [-0.05, 0) is 51.0 Å². The number of furan rings is 1. The highest BCUT2D eigenvalue weighted by Gasteiger charge is 2.13. The third-order valence-corrected chi connectivity index (χ3v) is 5.00. The van der Waals surface area contributed by atoms with Crippen LogP contribution in [-0.4, -0.2) is 24.3 Å². The van der Waals surface area contributed by atoms with Gasteiger partial charge in [0, 0.05) is 15.4 Å². The zero-order chi connectivity index (χ0) is 19.7. The number of ether oxygens (including phenoxy) is 1. The predicted molar refractivity (Wildman–Crippen MR) is 111 cm³/mol. The Bertz CT molecular complexity index is 1230. The number of carbonyl (C=O) groups excluding carboxylic acids is 1. The van der Waals surface area contributed by atoms with Crippen molar-refractivity contribution < 1.29 is 19.1 Å². The van der Waals surface area contributed by atoms with E-state index in [9.17, 15) is 9.90 Å². The minimum Gasteiger partial charge on any atom is -0.504 e. The Morgan fingerprint density at radius 1 is 1.18 bits per heavy atom. The van der Waals surface area contributed by atoms with E-state index >= 15 is 0 Å². The molecule has 0 fully saturated rings. The Hall–Kier alpha value is -3.32. The Balaban J connectivity index is 1.57. The summed E-state index contributed by atoms with van der Waals surface area (Å²) in [4.78, 5) is 12.4. The zero-order valence-corrected chi connectivity index (χ0v) is 16.4. The monoisotopic (exact) mass is 438 g/mol. The lowest BCUT2D eigenvalue weighted by Gasteiger charge is -2.06. The van der Waals surface area contributed by atoms with Crippen LogP contribution in [0.25, 0.3) is 21.7 Å². The van der Waals surface area contributed by atoms with E-state index in [2.05, 4.69) is 26.5 Å². The number of carbonyl (C=O) groups is 1. The SMILES string of the molecule is COc1cc(/C=N\NC(=O)c2cc3c(ccc4ccccc43)o2)c(Br)cc1O. The van der Waals surface area contributed by atoms with E-state index in [1.165, 1.54) is 19.4 Å². The van der Waals surface area contributed by atoms with E-state index in [4.69, 9.17) is 9.15 Å². The van der Waals surface area contributed by atoms with Gasteiger partial charge in [0.05, 0.1) is 13.3 Å². The molecule has 1 aromatic heterocycles. The molecule has 1 heterocycles. The molecule has 6 nitrogen and oxygen atoms in total. The van der Waals surface area contributed by atoms with Gasteiger partial charge in [0.15, 0.2) is 17.3 Å². The number of hydrogen-bond donors (Lipinski definition) is 2. The van der Waals surface area contributed by atoms with E-state index in [0.29, 0.717) is 21.4 Å². The maximum Gasteiger partial charge on any atom is 0.307 e. The summed E-state index contributed by atoms with van der Waals surface area (Å²) in [6.45, 7) is 0. The first-order valence-electron chi connectivity index (χ1n) is 8.38. The normalized spacial score (nSPS) is 11.4. The molecule has 0 unspecified atom stereocenters. The number of rotatable bonds is 4. The number of phenols is 1. The molecule has 28 heavy (non-hydrogen) atoms. The predicted octanol–water partition coefficient (Wildman–Crippen LogP) is 4.83. The second-order valence-electron chi connectivity index (χ2n) is 6.05. The number of methoxy groups -OCH3 is 1. The molecular weight excluding hydrogens is 424 g/mol. The van der Waals surface area contributed by atoms with Crippen molar-refractivity contribution in [1.82, 2.24) is 5.43 Å². The number of aromatic hydroxyl groups is 1. The molecule has 7 heteroatoms. The molecule has 0 aliphatic heterocycles. The second kappa shape index (κ2) is 7.36. The molecule has 4 rings (SSSR count). The Kier molecular flexibility index (Phi) is 4.75. The molecule has 0 saturated heterocycles. The Morgan fingerprint density at radius 3 is 2.82 bits per heavy atom. The van der Waals surface area contributed by atoms with E-state index in [1.807, 2.05) is 36.4 Å². The molecule has 140 valence electrons. The van der Waals surface area contributed by atoms with Crippen molar-refractivity contribution in [2.24, 2.45) is 5.10 Å². The van der Waals surface area contributed by atoms with Crippen LogP contribution in [0.3, 0.4) is 0 Å². The fraction of sp³-hybridized carbons (Fsp3) is 0.0476. The summed E-state index contributed by atoms with van der Waals surface area (Å²) in [7, 11) is 1.46. The van der Waals surface area contributed by atoms with Crippen molar-refractivity contribution in [3.8, 4) is 11.5 Å². The Morgan fingerprint density at radius 2 is 2.00 bits per heavy atom. The number of hydrogen-bond acceptors (Lipinski definition) is 5. The third-order valence-electron chi connectivity index (χ3n) is 4.32. The number of nitrogens with one attached hydrogen (secondary N) is 1. The van der Waals surface area contributed by atoms with Gasteiger partial charge < -0.3 is 14.3 Å². The van der Waals surface area contributed by atoms with Gasteiger partial charge in [-0.25, -0.2) is 5.43 Å². The summed E-state index contributed by atoms with van der Waals surface area (Å²) >= 11 is 3.33. The van der Waals surface area contributed by atoms with Gasteiger partial charge in [-0.2, -0.15) is 5.10 Å². The van der Waals surface area contributed by atoms with Gasteiger partial charge in [-0.3, -0.25) is 4.79 Å². The molecule has 0 spiro atoms. The van der Waals surface area contributed by atoms with Crippen molar-refractivity contribution in [1.29, 1.82) is 0 Å². The van der Waals surface area contributed by atoms with Crippen molar-refractivity contribution in [2.45, 2.75) is 0 Å². The first kappa shape index (κ1) is 18.1. The molecule has 0 atom stereocenters. The molecule has 0 saturated carbocycles. The summed E-state index contributed by atoms with van der Waals surface area (Å²) in [5.74, 6) is 0.0226. The van der Waals surface area contributed by atoms with E-state index in [-0.39, 0.29) is 11.5 Å². The van der Waals surface area contributed by atoms with Crippen molar-refractivity contribution in [3.63, 3.8) is 0 Å². The maximum absolute atomic E-state index is 12.4. The lowest BCUT2D eigenvalue weighted by molar-refractivity contribution is 0.0929. The molecule has 2 N–H and O–H groups in total. The van der Waals surface area contributed by atoms with Crippen LogP contribution in [0, 0.1) is 0 Å². The minimum absolute atomic E-state index is 0.00469. The highest BCUT2D eigenvalue weighted by Crippen LogP contribution is 2.31. The summed E-state index contributed by atoms with van der Waals surface area (Å²) in [5.41, 5.74) is 3.72. The van der Waals surface area contributed by atoms with Crippen LogP contribution < -0.4 is 10.2 Å². The number of amides is 1. The van der Waals surface area contributed by atoms with Crippen LogP contribution in [0.5, 0.6) is 11.5 Å². The lowest BCUT2D eigenvalue weighted by Crippen LogP contribution is -2.16. The molecule has 0 aliphatic carbocycles. The molecule has 0 bridgehead atoms. The largest absolute Gasteiger partial charge is 0.504 e.